The van der Waals surface area contributed by atoms with E-state index in [0.29, 0.717) is 48.9 Å². The molecule has 1 aliphatic rings. The van der Waals surface area contributed by atoms with E-state index in [-0.39, 0.29) is 30.3 Å². The zero-order valence-corrected chi connectivity index (χ0v) is 21.1. The molecule has 0 aliphatic carbocycles. The molecular formula is C26H34N4O6. The first-order valence-corrected chi connectivity index (χ1v) is 11.8. The monoisotopic (exact) mass is 498 g/mol. The van der Waals surface area contributed by atoms with Crippen molar-refractivity contribution in [1.29, 1.82) is 0 Å². The lowest BCUT2D eigenvalue weighted by Gasteiger charge is -2.33. The molecule has 3 rings (SSSR count). The predicted octanol–water partition coefficient (Wildman–Crippen LogP) is 2.57. The molecule has 10 nitrogen and oxygen atoms in total. The van der Waals surface area contributed by atoms with Crippen LogP contribution in [0.4, 0.5) is 10.5 Å². The van der Waals surface area contributed by atoms with Crippen molar-refractivity contribution >= 4 is 23.5 Å². The summed E-state index contributed by atoms with van der Waals surface area (Å²) in [5.41, 5.74) is 1.43. The van der Waals surface area contributed by atoms with E-state index in [0.717, 1.165) is 5.56 Å². The number of piperidine rings is 1. The Balaban J connectivity index is 1.56. The van der Waals surface area contributed by atoms with E-state index in [4.69, 9.17) is 14.2 Å². The van der Waals surface area contributed by atoms with Crippen LogP contribution in [0.3, 0.4) is 0 Å². The van der Waals surface area contributed by atoms with E-state index < -0.39 is 6.04 Å². The highest BCUT2D eigenvalue weighted by Gasteiger charge is 2.28. The number of hydrogen-bond acceptors (Lipinski definition) is 6. The zero-order valence-electron chi connectivity index (χ0n) is 21.1. The van der Waals surface area contributed by atoms with Crippen molar-refractivity contribution < 1.29 is 28.6 Å². The Morgan fingerprint density at radius 2 is 1.67 bits per heavy atom. The summed E-state index contributed by atoms with van der Waals surface area (Å²) in [6.45, 7) is 2.38. The Morgan fingerprint density at radius 1 is 0.972 bits per heavy atom. The number of hydrogen-bond donors (Lipinski definition) is 3. The Bertz CT molecular complexity index is 1070. The molecule has 0 bridgehead atoms. The van der Waals surface area contributed by atoms with Gasteiger partial charge in [0.1, 0.15) is 23.3 Å². The maximum atomic E-state index is 13.1. The van der Waals surface area contributed by atoms with E-state index in [1.807, 2.05) is 18.2 Å². The summed E-state index contributed by atoms with van der Waals surface area (Å²) in [6.07, 6.45) is 1.48. The van der Waals surface area contributed by atoms with Crippen LogP contribution in [-0.4, -0.2) is 69.2 Å². The molecule has 0 spiro atoms. The van der Waals surface area contributed by atoms with Gasteiger partial charge in [-0.1, -0.05) is 12.1 Å². The summed E-state index contributed by atoms with van der Waals surface area (Å²) in [6, 6.07) is 11.4. The van der Waals surface area contributed by atoms with Crippen LogP contribution < -0.4 is 30.2 Å². The number of methoxy groups -OCH3 is 3. The fourth-order valence-electron chi connectivity index (χ4n) is 4.13. The second kappa shape index (κ2) is 12.7. The summed E-state index contributed by atoms with van der Waals surface area (Å²) >= 11 is 0. The van der Waals surface area contributed by atoms with Crippen molar-refractivity contribution in [3.63, 3.8) is 0 Å². The molecule has 0 unspecified atom stereocenters. The molecule has 4 amide bonds. The Morgan fingerprint density at radius 3 is 2.31 bits per heavy atom. The van der Waals surface area contributed by atoms with Crippen molar-refractivity contribution in [3.8, 4) is 17.2 Å². The van der Waals surface area contributed by atoms with Gasteiger partial charge in [0.15, 0.2) is 0 Å². The minimum Gasteiger partial charge on any atom is -0.497 e. The second-order valence-corrected chi connectivity index (χ2v) is 8.57. The van der Waals surface area contributed by atoms with Crippen molar-refractivity contribution in [1.82, 2.24) is 15.5 Å². The summed E-state index contributed by atoms with van der Waals surface area (Å²) in [5.74, 6) is 1.30. The maximum Gasteiger partial charge on any atom is 0.321 e. The number of ether oxygens (including phenoxy) is 3. The second-order valence-electron chi connectivity index (χ2n) is 8.57. The molecule has 0 saturated carbocycles. The molecule has 1 saturated heterocycles. The molecule has 194 valence electrons. The molecule has 10 heteroatoms. The molecule has 36 heavy (non-hydrogen) atoms. The van der Waals surface area contributed by atoms with Crippen molar-refractivity contribution in [2.45, 2.75) is 38.3 Å². The highest BCUT2D eigenvalue weighted by molar-refractivity contribution is 5.90. The van der Waals surface area contributed by atoms with Crippen LogP contribution in [0.1, 0.15) is 25.3 Å². The number of amides is 4. The molecule has 2 aromatic rings. The molecule has 1 fully saturated rings. The lowest BCUT2D eigenvalue weighted by molar-refractivity contribution is -0.128. The Labute approximate surface area is 211 Å². The SMILES string of the molecule is COc1cccc(NC(=O)N2CCC(NC(=O)[C@H](Cc3ccc(OC)cc3OC)NC(C)=O)CC2)c1. The maximum absolute atomic E-state index is 13.1. The van der Waals surface area contributed by atoms with Crippen LogP contribution in [-0.2, 0) is 16.0 Å². The van der Waals surface area contributed by atoms with Crippen LogP contribution in [0.15, 0.2) is 42.5 Å². The van der Waals surface area contributed by atoms with Gasteiger partial charge in [-0.05, 0) is 36.6 Å². The normalized spacial score (nSPS) is 14.4. The fraction of sp³-hybridized carbons (Fsp3) is 0.423. The van der Waals surface area contributed by atoms with Crippen LogP contribution in [0, 0.1) is 0 Å². The standard InChI is InChI=1S/C26H34N4O6/c1-17(31)27-23(14-18-8-9-22(35-3)16-24(18)36-4)25(32)28-19-10-12-30(13-11-19)26(33)29-20-6-5-7-21(15-20)34-2/h5-9,15-16,19,23H,10-14H2,1-4H3,(H,27,31)(H,28,32)(H,29,33)/t23-/m0/s1. The summed E-state index contributed by atoms with van der Waals surface area (Å²) in [7, 11) is 4.68. The van der Waals surface area contributed by atoms with Gasteiger partial charge >= 0.3 is 6.03 Å². The topological polar surface area (TPSA) is 118 Å². The average molecular weight is 499 g/mol. The smallest absolute Gasteiger partial charge is 0.321 e. The van der Waals surface area contributed by atoms with E-state index >= 15 is 0 Å². The van der Waals surface area contributed by atoms with Gasteiger partial charge in [0.25, 0.3) is 0 Å². The largest absolute Gasteiger partial charge is 0.497 e. The van der Waals surface area contributed by atoms with Gasteiger partial charge in [0, 0.05) is 50.3 Å². The summed E-state index contributed by atoms with van der Waals surface area (Å²) in [5, 5.41) is 8.65. The van der Waals surface area contributed by atoms with Gasteiger partial charge in [-0.2, -0.15) is 0 Å². The number of anilines is 1. The number of likely N-dealkylation sites (tertiary alicyclic amines) is 1. The van der Waals surface area contributed by atoms with E-state index in [1.54, 1.807) is 50.5 Å². The molecule has 1 aliphatic heterocycles. The lowest BCUT2D eigenvalue weighted by Crippen LogP contribution is -2.53. The van der Waals surface area contributed by atoms with Crippen molar-refractivity contribution in [2.75, 3.05) is 39.7 Å². The predicted molar refractivity (Wildman–Crippen MR) is 136 cm³/mol. The highest BCUT2D eigenvalue weighted by atomic mass is 16.5. The molecular weight excluding hydrogens is 464 g/mol. The number of carbonyl (C=O) groups is 3. The Hall–Kier alpha value is -3.95. The highest BCUT2D eigenvalue weighted by Crippen LogP contribution is 2.26. The fourth-order valence-corrected chi connectivity index (χ4v) is 4.13. The van der Waals surface area contributed by atoms with Crippen molar-refractivity contribution in [2.24, 2.45) is 0 Å². The van der Waals surface area contributed by atoms with Crippen LogP contribution in [0.2, 0.25) is 0 Å². The molecule has 1 heterocycles. The third kappa shape index (κ3) is 7.27. The van der Waals surface area contributed by atoms with E-state index in [2.05, 4.69) is 16.0 Å². The first kappa shape index (κ1) is 26.7. The number of carbonyl (C=O) groups excluding carboxylic acids is 3. The van der Waals surface area contributed by atoms with Gasteiger partial charge < -0.3 is 35.1 Å². The van der Waals surface area contributed by atoms with Gasteiger partial charge in [0.05, 0.1) is 21.3 Å². The number of nitrogens with one attached hydrogen (secondary N) is 3. The summed E-state index contributed by atoms with van der Waals surface area (Å²) in [4.78, 5) is 39.3. The van der Waals surface area contributed by atoms with Crippen LogP contribution in [0.5, 0.6) is 17.2 Å². The molecule has 2 aromatic carbocycles. The first-order valence-electron chi connectivity index (χ1n) is 11.8. The minimum atomic E-state index is -0.765. The molecule has 0 radical (unpaired) electrons. The number of benzene rings is 2. The third-order valence-corrected chi connectivity index (χ3v) is 6.06. The van der Waals surface area contributed by atoms with E-state index in [1.165, 1.54) is 6.92 Å². The van der Waals surface area contributed by atoms with Gasteiger partial charge in [-0.25, -0.2) is 4.79 Å². The number of nitrogens with zero attached hydrogens (tertiary/aromatic N) is 1. The molecule has 0 aromatic heterocycles. The number of rotatable bonds is 9. The van der Waals surface area contributed by atoms with E-state index in [9.17, 15) is 14.4 Å². The average Bonchev–Trinajstić information content (AvgIpc) is 2.88. The van der Waals surface area contributed by atoms with Gasteiger partial charge in [-0.15, -0.1) is 0 Å². The van der Waals surface area contributed by atoms with Crippen LogP contribution in [0.25, 0.3) is 0 Å². The molecule has 3 N–H and O–H groups in total. The first-order chi connectivity index (χ1) is 17.3. The number of urea groups is 1. The Kier molecular flexibility index (Phi) is 9.38. The quantitative estimate of drug-likeness (QED) is 0.489. The van der Waals surface area contributed by atoms with Crippen molar-refractivity contribution in [3.05, 3.63) is 48.0 Å². The molecule has 1 atom stereocenters. The zero-order chi connectivity index (χ0) is 26.1. The van der Waals surface area contributed by atoms with Crippen LogP contribution >= 0.6 is 0 Å². The third-order valence-electron chi connectivity index (χ3n) is 6.06. The minimum absolute atomic E-state index is 0.104. The lowest BCUT2D eigenvalue weighted by atomic mass is 10.0. The van der Waals surface area contributed by atoms with Gasteiger partial charge in [-0.3, -0.25) is 9.59 Å². The summed E-state index contributed by atoms with van der Waals surface area (Å²) < 4.78 is 15.9. The van der Waals surface area contributed by atoms with Gasteiger partial charge in [0.2, 0.25) is 11.8 Å².